The van der Waals surface area contributed by atoms with Crippen LogP contribution in [-0.2, 0) is 12.8 Å². The van der Waals surface area contributed by atoms with Crippen molar-refractivity contribution < 1.29 is 0 Å². The minimum Gasteiger partial charge on any atom is -0.402 e. The van der Waals surface area contributed by atoms with Crippen LogP contribution in [0.25, 0.3) is 0 Å². The molecule has 0 saturated carbocycles. The molecule has 1 nitrogen and oxygen atoms in total. The minimum atomic E-state index is 0.827. The van der Waals surface area contributed by atoms with Gasteiger partial charge in [-0.1, -0.05) is 66.7 Å². The van der Waals surface area contributed by atoms with Crippen LogP contribution in [0.1, 0.15) is 11.1 Å². The molecule has 0 fully saturated rings. The first-order chi connectivity index (χ1) is 8.34. The fraction of sp³-hybridized carbons (Fsp3) is 0.125. The smallest absolute Gasteiger partial charge is 0.0118 e. The molecular weight excluding hydrogens is 206 g/mol. The first-order valence-corrected chi connectivity index (χ1v) is 5.87. The van der Waals surface area contributed by atoms with E-state index in [0.29, 0.717) is 0 Å². The molecule has 0 atom stereocenters. The van der Waals surface area contributed by atoms with Gasteiger partial charge in [-0.05, 0) is 17.5 Å². The minimum absolute atomic E-state index is 0.827. The largest absolute Gasteiger partial charge is 0.402 e. The molecule has 0 radical (unpaired) electrons. The topological polar surface area (TPSA) is 26.0 Å². The summed E-state index contributed by atoms with van der Waals surface area (Å²) >= 11 is 0. The van der Waals surface area contributed by atoms with Crippen LogP contribution in [0.3, 0.4) is 0 Å². The van der Waals surface area contributed by atoms with Crippen molar-refractivity contribution in [3.05, 3.63) is 83.6 Å². The Bertz CT molecular complexity index is 471. The Hall–Kier alpha value is -2.02. The molecule has 1 heteroatoms. The van der Waals surface area contributed by atoms with Gasteiger partial charge in [0, 0.05) is 12.1 Å². The molecule has 2 aromatic rings. The summed E-state index contributed by atoms with van der Waals surface area (Å²) in [7, 11) is 0. The fourth-order valence-corrected chi connectivity index (χ4v) is 1.77. The third kappa shape index (κ3) is 3.80. The maximum Gasteiger partial charge on any atom is 0.0118 e. The van der Waals surface area contributed by atoms with E-state index >= 15 is 0 Å². The highest BCUT2D eigenvalue weighted by Crippen LogP contribution is 2.06. The Kier molecular flexibility index (Phi) is 3.98. The first-order valence-electron chi connectivity index (χ1n) is 5.87. The number of allylic oxidation sites excluding steroid dienone is 2. The summed E-state index contributed by atoms with van der Waals surface area (Å²) in [5.41, 5.74) is 9.50. The highest BCUT2D eigenvalue weighted by molar-refractivity contribution is 5.23. The lowest BCUT2D eigenvalue weighted by molar-refractivity contribution is 1.07. The van der Waals surface area contributed by atoms with E-state index in [1.165, 1.54) is 11.1 Å². The van der Waals surface area contributed by atoms with Crippen molar-refractivity contribution >= 4 is 0 Å². The van der Waals surface area contributed by atoms with E-state index in [9.17, 15) is 0 Å². The lowest BCUT2D eigenvalue weighted by Gasteiger charge is -2.02. The van der Waals surface area contributed by atoms with Gasteiger partial charge in [-0.25, -0.2) is 0 Å². The molecular formula is C16H17N. The second-order valence-electron chi connectivity index (χ2n) is 4.13. The van der Waals surface area contributed by atoms with Gasteiger partial charge in [0.1, 0.15) is 0 Å². The van der Waals surface area contributed by atoms with E-state index in [1.54, 1.807) is 0 Å². The van der Waals surface area contributed by atoms with Crippen LogP contribution in [0, 0.1) is 0 Å². The lowest BCUT2D eigenvalue weighted by atomic mass is 10.1. The Balaban J connectivity index is 1.94. The second kappa shape index (κ2) is 5.90. The SMILES string of the molecule is NC(=CCc1ccccc1)Cc1ccccc1. The normalized spacial score (nSPS) is 11.4. The van der Waals surface area contributed by atoms with E-state index in [1.807, 2.05) is 24.3 Å². The highest BCUT2D eigenvalue weighted by atomic mass is 14.6. The average molecular weight is 223 g/mol. The average Bonchev–Trinajstić information content (AvgIpc) is 2.39. The number of nitrogens with two attached hydrogens (primary N) is 1. The van der Waals surface area contributed by atoms with Crippen molar-refractivity contribution in [3.63, 3.8) is 0 Å². The zero-order valence-corrected chi connectivity index (χ0v) is 9.84. The standard InChI is InChI=1S/C16H17N/c17-16(13-15-9-5-2-6-10-15)12-11-14-7-3-1-4-8-14/h1-10,12H,11,13,17H2. The van der Waals surface area contributed by atoms with E-state index in [4.69, 9.17) is 5.73 Å². The summed E-state index contributed by atoms with van der Waals surface area (Å²) in [5, 5.41) is 0. The second-order valence-corrected chi connectivity index (χ2v) is 4.13. The van der Waals surface area contributed by atoms with Gasteiger partial charge in [0.2, 0.25) is 0 Å². The van der Waals surface area contributed by atoms with Crippen LogP contribution in [0.15, 0.2) is 72.4 Å². The van der Waals surface area contributed by atoms with Crippen LogP contribution in [0.2, 0.25) is 0 Å². The zero-order chi connectivity index (χ0) is 11.9. The van der Waals surface area contributed by atoms with Gasteiger partial charge in [-0.15, -0.1) is 0 Å². The molecule has 0 aliphatic rings. The number of benzene rings is 2. The first kappa shape index (κ1) is 11.5. The summed E-state index contributed by atoms with van der Waals surface area (Å²) in [4.78, 5) is 0. The van der Waals surface area contributed by atoms with Gasteiger partial charge < -0.3 is 5.73 Å². The van der Waals surface area contributed by atoms with E-state index < -0.39 is 0 Å². The molecule has 0 amide bonds. The molecule has 0 aliphatic carbocycles. The van der Waals surface area contributed by atoms with Gasteiger partial charge in [-0.3, -0.25) is 0 Å². The number of hydrogen-bond donors (Lipinski definition) is 1. The Labute approximate surface area is 103 Å². The van der Waals surface area contributed by atoms with Crippen molar-refractivity contribution in [2.75, 3.05) is 0 Å². The van der Waals surface area contributed by atoms with Crippen LogP contribution in [-0.4, -0.2) is 0 Å². The van der Waals surface area contributed by atoms with E-state index in [-0.39, 0.29) is 0 Å². The van der Waals surface area contributed by atoms with E-state index in [2.05, 4.69) is 42.5 Å². The van der Waals surface area contributed by atoms with Crippen molar-refractivity contribution in [1.29, 1.82) is 0 Å². The molecule has 17 heavy (non-hydrogen) atoms. The van der Waals surface area contributed by atoms with Crippen LogP contribution in [0.5, 0.6) is 0 Å². The van der Waals surface area contributed by atoms with Crippen molar-refractivity contribution in [2.24, 2.45) is 5.73 Å². The third-order valence-electron chi connectivity index (χ3n) is 2.69. The predicted molar refractivity (Wildman–Crippen MR) is 72.6 cm³/mol. The van der Waals surface area contributed by atoms with Crippen molar-refractivity contribution in [1.82, 2.24) is 0 Å². The molecule has 0 spiro atoms. The summed E-state index contributed by atoms with van der Waals surface area (Å²) in [6, 6.07) is 20.7. The third-order valence-corrected chi connectivity index (χ3v) is 2.69. The molecule has 0 unspecified atom stereocenters. The van der Waals surface area contributed by atoms with Crippen molar-refractivity contribution in [3.8, 4) is 0 Å². The Morgan fingerprint density at radius 1 is 0.824 bits per heavy atom. The number of hydrogen-bond acceptors (Lipinski definition) is 1. The van der Waals surface area contributed by atoms with Crippen LogP contribution >= 0.6 is 0 Å². The maximum absolute atomic E-state index is 6.01. The summed E-state index contributed by atoms with van der Waals surface area (Å²) in [5.74, 6) is 0. The molecule has 0 aliphatic heterocycles. The summed E-state index contributed by atoms with van der Waals surface area (Å²) in [6.07, 6.45) is 3.83. The van der Waals surface area contributed by atoms with Gasteiger partial charge in [0.15, 0.2) is 0 Å². The maximum atomic E-state index is 6.01. The van der Waals surface area contributed by atoms with Gasteiger partial charge in [-0.2, -0.15) is 0 Å². The molecule has 86 valence electrons. The zero-order valence-electron chi connectivity index (χ0n) is 9.84. The van der Waals surface area contributed by atoms with Gasteiger partial charge >= 0.3 is 0 Å². The molecule has 0 bridgehead atoms. The van der Waals surface area contributed by atoms with Crippen molar-refractivity contribution in [2.45, 2.75) is 12.8 Å². The Morgan fingerprint density at radius 3 is 1.94 bits per heavy atom. The lowest BCUT2D eigenvalue weighted by Crippen LogP contribution is -2.02. The molecule has 2 aromatic carbocycles. The molecule has 0 heterocycles. The molecule has 0 saturated heterocycles. The monoisotopic (exact) mass is 223 g/mol. The summed E-state index contributed by atoms with van der Waals surface area (Å²) < 4.78 is 0. The van der Waals surface area contributed by atoms with Gasteiger partial charge in [0.25, 0.3) is 0 Å². The quantitative estimate of drug-likeness (QED) is 0.845. The molecule has 2 N–H and O–H groups in total. The Morgan fingerprint density at radius 2 is 1.35 bits per heavy atom. The summed E-state index contributed by atoms with van der Waals surface area (Å²) in [6.45, 7) is 0. The van der Waals surface area contributed by atoms with Crippen LogP contribution < -0.4 is 5.73 Å². The molecule has 0 aromatic heterocycles. The van der Waals surface area contributed by atoms with Gasteiger partial charge in [0.05, 0.1) is 0 Å². The number of rotatable bonds is 4. The van der Waals surface area contributed by atoms with E-state index in [0.717, 1.165) is 18.5 Å². The van der Waals surface area contributed by atoms with Crippen LogP contribution in [0.4, 0.5) is 0 Å². The highest BCUT2D eigenvalue weighted by Gasteiger charge is 1.94. The molecule has 2 rings (SSSR count). The predicted octanol–water partition coefficient (Wildman–Crippen LogP) is 3.31. The fourth-order valence-electron chi connectivity index (χ4n) is 1.77.